The lowest BCUT2D eigenvalue weighted by molar-refractivity contribution is 1.10. The highest BCUT2D eigenvalue weighted by Crippen LogP contribution is 2.42. The van der Waals surface area contributed by atoms with E-state index in [9.17, 15) is 0 Å². The quantitative estimate of drug-likeness (QED) is 0.159. The highest BCUT2D eigenvalue weighted by molar-refractivity contribution is 6.24. The maximum Gasteiger partial charge on any atom is 0.145 e. The Hall–Kier alpha value is -5.73. The molecule has 9 aromatic rings. The van der Waals surface area contributed by atoms with E-state index in [1.54, 1.807) is 0 Å². The minimum absolute atomic E-state index is 0.943. The number of hydrogen-bond acceptors (Lipinski definition) is 1. The van der Waals surface area contributed by atoms with Crippen molar-refractivity contribution >= 4 is 54.1 Å². The zero-order valence-corrected chi connectivity index (χ0v) is 23.4. The van der Waals surface area contributed by atoms with Crippen LogP contribution in [0, 0.1) is 0 Å². The van der Waals surface area contributed by atoms with Gasteiger partial charge in [0.25, 0.3) is 0 Å². The molecule has 0 saturated carbocycles. The number of hydrogen-bond donors (Lipinski definition) is 0. The van der Waals surface area contributed by atoms with Crippen molar-refractivity contribution in [3.8, 4) is 28.2 Å². The van der Waals surface area contributed by atoms with Gasteiger partial charge in [-0.3, -0.25) is 4.57 Å². The normalized spacial score (nSPS) is 11.7. The van der Waals surface area contributed by atoms with E-state index in [2.05, 4.69) is 162 Å². The molecule has 0 N–H and O–H groups in total. The fourth-order valence-electron chi connectivity index (χ4n) is 6.78. The number of fused-ring (bicyclic) bond motifs is 7. The van der Waals surface area contributed by atoms with Crippen LogP contribution in [0.25, 0.3) is 82.3 Å². The number of imidazole rings is 1. The van der Waals surface area contributed by atoms with Crippen molar-refractivity contribution in [1.29, 1.82) is 0 Å². The smallest absolute Gasteiger partial charge is 0.145 e. The fourth-order valence-corrected chi connectivity index (χ4v) is 6.78. The van der Waals surface area contributed by atoms with Crippen LogP contribution in [0.3, 0.4) is 0 Å². The summed E-state index contributed by atoms with van der Waals surface area (Å²) in [5.41, 5.74) is 6.76. The van der Waals surface area contributed by atoms with Crippen molar-refractivity contribution in [2.24, 2.45) is 0 Å². The minimum atomic E-state index is 0.943. The first kappa shape index (κ1) is 23.9. The molecule has 0 atom stereocenters. The topological polar surface area (TPSA) is 17.8 Å². The molecular formula is C41H26N2. The van der Waals surface area contributed by atoms with Gasteiger partial charge in [-0.1, -0.05) is 127 Å². The summed E-state index contributed by atoms with van der Waals surface area (Å²) in [5, 5.41) is 10.2. The van der Waals surface area contributed by atoms with Crippen LogP contribution in [-0.4, -0.2) is 9.55 Å². The Labute approximate surface area is 249 Å². The summed E-state index contributed by atoms with van der Waals surface area (Å²) in [7, 11) is 0. The number of benzene rings is 8. The van der Waals surface area contributed by atoms with Crippen molar-refractivity contribution in [3.63, 3.8) is 0 Å². The van der Waals surface area contributed by atoms with E-state index in [0.29, 0.717) is 0 Å². The first-order chi connectivity index (χ1) is 21.3. The van der Waals surface area contributed by atoms with E-state index < -0.39 is 0 Å². The van der Waals surface area contributed by atoms with Gasteiger partial charge in [-0.05, 0) is 84.5 Å². The molecule has 2 heteroatoms. The van der Waals surface area contributed by atoms with Gasteiger partial charge in [-0.25, -0.2) is 4.98 Å². The van der Waals surface area contributed by atoms with Crippen LogP contribution >= 0.6 is 0 Å². The molecule has 43 heavy (non-hydrogen) atoms. The van der Waals surface area contributed by atoms with Gasteiger partial charge in [-0.2, -0.15) is 0 Å². The number of para-hydroxylation sites is 3. The molecule has 0 unspecified atom stereocenters. The molecule has 0 fully saturated rings. The van der Waals surface area contributed by atoms with E-state index in [1.807, 2.05) is 0 Å². The van der Waals surface area contributed by atoms with Gasteiger partial charge in [-0.15, -0.1) is 0 Å². The van der Waals surface area contributed by atoms with Gasteiger partial charge in [0.15, 0.2) is 0 Å². The summed E-state index contributed by atoms with van der Waals surface area (Å²) in [4.78, 5) is 5.09. The third-order valence-electron chi connectivity index (χ3n) is 8.78. The fraction of sp³-hybridized carbons (Fsp3) is 0. The maximum absolute atomic E-state index is 5.09. The lowest BCUT2D eigenvalue weighted by atomic mass is 9.88. The van der Waals surface area contributed by atoms with Crippen LogP contribution in [0.1, 0.15) is 0 Å². The van der Waals surface area contributed by atoms with Crippen LogP contribution in [0.2, 0.25) is 0 Å². The molecule has 0 saturated heterocycles. The van der Waals surface area contributed by atoms with E-state index in [-0.39, 0.29) is 0 Å². The summed E-state index contributed by atoms with van der Waals surface area (Å²) >= 11 is 0. The Balaban J connectivity index is 1.30. The molecule has 0 amide bonds. The largest absolute Gasteiger partial charge is 0.292 e. The van der Waals surface area contributed by atoms with E-state index in [1.165, 1.54) is 54.2 Å². The zero-order valence-electron chi connectivity index (χ0n) is 23.4. The monoisotopic (exact) mass is 546 g/mol. The van der Waals surface area contributed by atoms with Gasteiger partial charge in [0.05, 0.1) is 11.0 Å². The van der Waals surface area contributed by atoms with Crippen molar-refractivity contribution in [1.82, 2.24) is 9.55 Å². The molecule has 0 bridgehead atoms. The molecule has 200 valence electrons. The minimum Gasteiger partial charge on any atom is -0.292 e. The number of rotatable bonds is 3. The highest BCUT2D eigenvalue weighted by atomic mass is 15.1. The van der Waals surface area contributed by atoms with Gasteiger partial charge in [0, 0.05) is 11.3 Å². The Morgan fingerprint density at radius 1 is 0.395 bits per heavy atom. The molecule has 1 heterocycles. The van der Waals surface area contributed by atoms with Crippen molar-refractivity contribution in [3.05, 3.63) is 158 Å². The van der Waals surface area contributed by atoms with Crippen LogP contribution < -0.4 is 0 Å². The predicted molar refractivity (Wildman–Crippen MR) is 182 cm³/mol. The van der Waals surface area contributed by atoms with E-state index in [4.69, 9.17) is 4.98 Å². The molecule has 1 aromatic heterocycles. The lowest BCUT2D eigenvalue weighted by Crippen LogP contribution is -1.97. The summed E-state index contributed by atoms with van der Waals surface area (Å²) in [6.45, 7) is 0. The molecule has 9 rings (SSSR count). The molecular weight excluding hydrogens is 520 g/mol. The first-order valence-corrected chi connectivity index (χ1v) is 14.7. The summed E-state index contributed by atoms with van der Waals surface area (Å²) in [6, 6.07) is 56.8. The molecule has 0 spiro atoms. The molecule has 0 aliphatic heterocycles. The molecule has 0 aliphatic rings. The second kappa shape index (κ2) is 9.40. The average Bonchev–Trinajstić information content (AvgIpc) is 3.47. The Kier molecular flexibility index (Phi) is 5.23. The Bertz CT molecular complexity index is 2390. The SMILES string of the molecule is c1ccc(-n2c(-c3ccc(-c4c5ccc6ccccc6c5cc5c4ccc4ccccc45)cc3)nc3ccccc32)cc1. The molecule has 0 aliphatic carbocycles. The van der Waals surface area contributed by atoms with Crippen LogP contribution in [0.15, 0.2) is 158 Å². The second-order valence-corrected chi connectivity index (χ2v) is 11.2. The average molecular weight is 547 g/mol. The van der Waals surface area contributed by atoms with Crippen LogP contribution in [-0.2, 0) is 0 Å². The van der Waals surface area contributed by atoms with E-state index in [0.717, 1.165) is 28.1 Å². The van der Waals surface area contributed by atoms with Crippen molar-refractivity contribution < 1.29 is 0 Å². The van der Waals surface area contributed by atoms with Crippen molar-refractivity contribution in [2.75, 3.05) is 0 Å². The molecule has 8 aromatic carbocycles. The Morgan fingerprint density at radius 3 is 1.63 bits per heavy atom. The van der Waals surface area contributed by atoms with Gasteiger partial charge in [0.2, 0.25) is 0 Å². The van der Waals surface area contributed by atoms with E-state index >= 15 is 0 Å². The van der Waals surface area contributed by atoms with Gasteiger partial charge < -0.3 is 0 Å². The highest BCUT2D eigenvalue weighted by Gasteiger charge is 2.17. The van der Waals surface area contributed by atoms with Crippen LogP contribution in [0.4, 0.5) is 0 Å². The summed E-state index contributed by atoms with van der Waals surface area (Å²) in [5.74, 6) is 0.943. The molecule has 0 radical (unpaired) electrons. The Morgan fingerprint density at radius 2 is 0.953 bits per heavy atom. The lowest BCUT2D eigenvalue weighted by Gasteiger charge is -2.16. The van der Waals surface area contributed by atoms with Crippen molar-refractivity contribution in [2.45, 2.75) is 0 Å². The van der Waals surface area contributed by atoms with Gasteiger partial charge >= 0.3 is 0 Å². The zero-order chi connectivity index (χ0) is 28.3. The number of nitrogens with zero attached hydrogens (tertiary/aromatic N) is 2. The summed E-state index contributed by atoms with van der Waals surface area (Å²) in [6.07, 6.45) is 0. The second-order valence-electron chi connectivity index (χ2n) is 11.2. The standard InChI is InChI=1S/C41H26N2/c1-2-12-31(13-3-1)43-39-17-9-8-16-38(39)42-41(43)30-20-18-29(19-21-30)40-34-24-22-27-10-4-6-14-32(27)36(34)26-37-33-15-7-5-11-28(33)23-25-35(37)40/h1-26H. The maximum atomic E-state index is 5.09. The third-order valence-corrected chi connectivity index (χ3v) is 8.78. The first-order valence-electron chi connectivity index (χ1n) is 14.7. The van der Waals surface area contributed by atoms with Crippen LogP contribution in [0.5, 0.6) is 0 Å². The summed E-state index contributed by atoms with van der Waals surface area (Å²) < 4.78 is 2.26. The third kappa shape index (κ3) is 3.70. The predicted octanol–water partition coefficient (Wildman–Crippen LogP) is 11.0. The molecule has 2 nitrogen and oxygen atoms in total. The van der Waals surface area contributed by atoms with Gasteiger partial charge in [0.1, 0.15) is 5.82 Å². The number of aromatic nitrogens is 2.